The number of aromatic amines is 1. The van der Waals surface area contributed by atoms with Crippen molar-refractivity contribution in [2.75, 3.05) is 0 Å². The summed E-state index contributed by atoms with van der Waals surface area (Å²) in [6.07, 6.45) is 0. The fraction of sp³-hybridized carbons (Fsp3) is 0.0370. The van der Waals surface area contributed by atoms with Crippen molar-refractivity contribution in [2.24, 2.45) is 7.05 Å². The summed E-state index contributed by atoms with van der Waals surface area (Å²) >= 11 is 0. The topological polar surface area (TPSA) is 46.5 Å². The third-order valence-electron chi connectivity index (χ3n) is 5.79. The highest BCUT2D eigenvalue weighted by Crippen LogP contribution is 2.34. The van der Waals surface area contributed by atoms with Gasteiger partial charge >= 0.3 is 0 Å². The van der Waals surface area contributed by atoms with Gasteiger partial charge in [-0.2, -0.15) is 0 Å². The first-order valence-electron chi connectivity index (χ1n) is 10.3. The molecule has 4 heteroatoms. The summed E-state index contributed by atoms with van der Waals surface area (Å²) in [5.74, 6) is 1.84. The molecule has 0 spiro atoms. The second-order valence-electron chi connectivity index (χ2n) is 7.71. The normalized spacial score (nSPS) is 11.4. The molecular formula is C27H20N4. The number of H-pyrrole nitrogens is 1. The van der Waals surface area contributed by atoms with Crippen molar-refractivity contribution in [1.82, 2.24) is 19.5 Å². The fourth-order valence-electron chi connectivity index (χ4n) is 4.24. The molecule has 148 valence electrons. The van der Waals surface area contributed by atoms with E-state index >= 15 is 0 Å². The van der Waals surface area contributed by atoms with Crippen molar-refractivity contribution in [3.8, 4) is 33.9 Å². The van der Waals surface area contributed by atoms with Crippen LogP contribution in [0.3, 0.4) is 0 Å². The van der Waals surface area contributed by atoms with Crippen LogP contribution >= 0.6 is 0 Å². The number of fused-ring (bicyclic) bond motifs is 2. The Hall–Kier alpha value is -4.18. The van der Waals surface area contributed by atoms with E-state index in [0.29, 0.717) is 0 Å². The van der Waals surface area contributed by atoms with Crippen LogP contribution in [0, 0.1) is 0 Å². The van der Waals surface area contributed by atoms with Crippen LogP contribution in [0.5, 0.6) is 0 Å². The smallest absolute Gasteiger partial charge is 0.141 e. The van der Waals surface area contributed by atoms with Gasteiger partial charge in [-0.3, -0.25) is 0 Å². The van der Waals surface area contributed by atoms with Gasteiger partial charge in [-0.25, -0.2) is 9.97 Å². The number of nitrogens with one attached hydrogen (secondary N) is 1. The van der Waals surface area contributed by atoms with Gasteiger partial charge < -0.3 is 9.55 Å². The minimum absolute atomic E-state index is 0.878. The number of benzene rings is 4. The highest BCUT2D eigenvalue weighted by molar-refractivity contribution is 5.88. The Morgan fingerprint density at radius 2 is 1.35 bits per heavy atom. The van der Waals surface area contributed by atoms with E-state index in [2.05, 4.69) is 89.4 Å². The SMILES string of the molecule is Cn1c(-c2ccccc2-c2cccc(-c3nc4ccccc4[nH]3)c2)nc2ccccc21. The maximum Gasteiger partial charge on any atom is 0.141 e. The lowest BCUT2D eigenvalue weighted by atomic mass is 9.97. The average Bonchev–Trinajstić information content (AvgIpc) is 3.41. The lowest BCUT2D eigenvalue weighted by Gasteiger charge is -2.11. The standard InChI is InChI=1S/C27H20N4/c1-31-25-16-7-6-15-24(25)30-27(31)21-12-3-2-11-20(21)18-9-8-10-19(17-18)26-28-22-13-4-5-14-23(22)29-26/h2-17H,1H3,(H,28,29). The number of aromatic nitrogens is 4. The third-order valence-corrected chi connectivity index (χ3v) is 5.79. The van der Waals surface area contributed by atoms with Gasteiger partial charge in [0.2, 0.25) is 0 Å². The molecule has 0 aliphatic carbocycles. The molecule has 0 aliphatic rings. The van der Waals surface area contributed by atoms with Crippen LogP contribution in [0.4, 0.5) is 0 Å². The van der Waals surface area contributed by atoms with Crippen LogP contribution in [0.2, 0.25) is 0 Å². The predicted octanol–water partition coefficient (Wildman–Crippen LogP) is 6.45. The van der Waals surface area contributed by atoms with Crippen LogP contribution in [0.1, 0.15) is 0 Å². The molecule has 6 rings (SSSR count). The van der Waals surface area contributed by atoms with Crippen molar-refractivity contribution in [3.05, 3.63) is 97.1 Å². The van der Waals surface area contributed by atoms with Gasteiger partial charge in [-0.15, -0.1) is 0 Å². The molecule has 0 amide bonds. The van der Waals surface area contributed by atoms with E-state index < -0.39 is 0 Å². The minimum atomic E-state index is 0.878. The second-order valence-corrected chi connectivity index (χ2v) is 7.71. The molecule has 0 saturated heterocycles. The summed E-state index contributed by atoms with van der Waals surface area (Å²) < 4.78 is 2.16. The van der Waals surface area contributed by atoms with Crippen LogP contribution in [-0.2, 0) is 7.05 Å². The number of nitrogens with zero attached hydrogens (tertiary/aromatic N) is 3. The highest BCUT2D eigenvalue weighted by atomic mass is 15.1. The Morgan fingerprint density at radius 3 is 2.19 bits per heavy atom. The Morgan fingerprint density at radius 1 is 0.645 bits per heavy atom. The fourth-order valence-corrected chi connectivity index (χ4v) is 4.24. The first-order chi connectivity index (χ1) is 15.3. The van der Waals surface area contributed by atoms with E-state index in [-0.39, 0.29) is 0 Å². The van der Waals surface area contributed by atoms with Gasteiger partial charge in [0.25, 0.3) is 0 Å². The largest absolute Gasteiger partial charge is 0.338 e. The van der Waals surface area contributed by atoms with Crippen molar-refractivity contribution in [3.63, 3.8) is 0 Å². The molecule has 31 heavy (non-hydrogen) atoms. The molecule has 1 N–H and O–H groups in total. The van der Waals surface area contributed by atoms with Crippen LogP contribution in [0.15, 0.2) is 97.1 Å². The number of para-hydroxylation sites is 4. The van der Waals surface area contributed by atoms with Gasteiger partial charge in [-0.1, -0.05) is 66.7 Å². The van der Waals surface area contributed by atoms with Crippen molar-refractivity contribution in [2.45, 2.75) is 0 Å². The summed E-state index contributed by atoms with van der Waals surface area (Å²) in [4.78, 5) is 13.1. The summed E-state index contributed by atoms with van der Waals surface area (Å²) in [5, 5.41) is 0. The monoisotopic (exact) mass is 400 g/mol. The summed E-state index contributed by atoms with van der Waals surface area (Å²) in [6, 6.07) is 33.3. The van der Waals surface area contributed by atoms with E-state index in [9.17, 15) is 0 Å². The number of hydrogen-bond donors (Lipinski definition) is 1. The van der Waals surface area contributed by atoms with Crippen LogP contribution in [-0.4, -0.2) is 19.5 Å². The molecule has 0 atom stereocenters. The Kier molecular flexibility index (Phi) is 3.96. The zero-order chi connectivity index (χ0) is 20.8. The van der Waals surface area contributed by atoms with Crippen molar-refractivity contribution < 1.29 is 0 Å². The molecule has 0 saturated carbocycles. The molecule has 0 bridgehead atoms. The maximum atomic E-state index is 4.92. The molecule has 4 aromatic carbocycles. The molecule has 0 radical (unpaired) electrons. The first-order valence-corrected chi connectivity index (χ1v) is 10.3. The zero-order valence-electron chi connectivity index (χ0n) is 17.1. The lowest BCUT2D eigenvalue weighted by Crippen LogP contribution is -1.95. The maximum absolute atomic E-state index is 4.92. The molecular weight excluding hydrogens is 380 g/mol. The van der Waals surface area contributed by atoms with Gasteiger partial charge in [0.05, 0.1) is 22.1 Å². The minimum Gasteiger partial charge on any atom is -0.338 e. The van der Waals surface area contributed by atoms with Crippen molar-refractivity contribution >= 4 is 22.1 Å². The summed E-state index contributed by atoms with van der Waals surface area (Å²) in [6.45, 7) is 0. The predicted molar refractivity (Wildman–Crippen MR) is 127 cm³/mol. The zero-order valence-corrected chi connectivity index (χ0v) is 17.1. The quantitative estimate of drug-likeness (QED) is 0.371. The van der Waals surface area contributed by atoms with E-state index in [0.717, 1.165) is 56.0 Å². The van der Waals surface area contributed by atoms with Crippen LogP contribution < -0.4 is 0 Å². The van der Waals surface area contributed by atoms with E-state index in [1.165, 1.54) is 0 Å². The van der Waals surface area contributed by atoms with Gasteiger partial charge in [0, 0.05) is 18.2 Å². The molecule has 0 unspecified atom stereocenters. The van der Waals surface area contributed by atoms with E-state index in [4.69, 9.17) is 9.97 Å². The lowest BCUT2D eigenvalue weighted by molar-refractivity contribution is 0.960. The summed E-state index contributed by atoms with van der Waals surface area (Å²) in [5.41, 5.74) is 8.62. The van der Waals surface area contributed by atoms with Crippen LogP contribution in [0.25, 0.3) is 56.0 Å². The molecule has 0 fully saturated rings. The summed E-state index contributed by atoms with van der Waals surface area (Å²) in [7, 11) is 2.08. The Balaban J connectivity index is 1.50. The molecule has 2 heterocycles. The Bertz CT molecular complexity index is 1520. The molecule has 2 aromatic heterocycles. The highest BCUT2D eigenvalue weighted by Gasteiger charge is 2.15. The number of aryl methyl sites for hydroxylation is 1. The average molecular weight is 400 g/mol. The molecule has 6 aromatic rings. The third kappa shape index (κ3) is 2.92. The number of imidazole rings is 2. The number of rotatable bonds is 3. The van der Waals surface area contributed by atoms with Gasteiger partial charge in [0.1, 0.15) is 11.6 Å². The van der Waals surface area contributed by atoms with Gasteiger partial charge in [0.15, 0.2) is 0 Å². The van der Waals surface area contributed by atoms with Crippen molar-refractivity contribution in [1.29, 1.82) is 0 Å². The molecule has 0 aliphatic heterocycles. The van der Waals surface area contributed by atoms with E-state index in [1.807, 2.05) is 24.3 Å². The van der Waals surface area contributed by atoms with E-state index in [1.54, 1.807) is 0 Å². The second kappa shape index (κ2) is 6.96. The van der Waals surface area contributed by atoms with Gasteiger partial charge in [-0.05, 0) is 41.5 Å². The molecule has 4 nitrogen and oxygen atoms in total. The Labute approximate surface area is 179 Å². The number of hydrogen-bond acceptors (Lipinski definition) is 2. The first kappa shape index (κ1) is 17.7.